The van der Waals surface area contributed by atoms with Crippen LogP contribution in [0.25, 0.3) is 22.2 Å². The summed E-state index contributed by atoms with van der Waals surface area (Å²) >= 11 is 0. The molecular weight excluding hydrogens is 392 g/mol. The first-order valence-corrected chi connectivity index (χ1v) is 9.70. The third-order valence-corrected chi connectivity index (χ3v) is 4.69. The number of carbonyl (C=O) groups is 2. The molecule has 6 nitrogen and oxygen atoms in total. The van der Waals surface area contributed by atoms with Crippen molar-refractivity contribution in [2.75, 3.05) is 19.0 Å². The number of anilines is 1. The lowest BCUT2D eigenvalue weighted by molar-refractivity contribution is -0.119. The lowest BCUT2D eigenvalue weighted by Gasteiger charge is -2.11. The molecule has 0 saturated heterocycles. The number of carbonyl (C=O) groups excluding carboxylic acids is 2. The smallest absolute Gasteiger partial charge is 0.339 e. The van der Waals surface area contributed by atoms with Crippen molar-refractivity contribution in [3.63, 3.8) is 0 Å². The van der Waals surface area contributed by atoms with Gasteiger partial charge in [0.05, 0.1) is 23.9 Å². The molecule has 0 bridgehead atoms. The summed E-state index contributed by atoms with van der Waals surface area (Å²) in [6, 6.07) is 25.6. The van der Waals surface area contributed by atoms with E-state index in [1.807, 2.05) is 54.6 Å². The Hall–Kier alpha value is -4.19. The van der Waals surface area contributed by atoms with Crippen molar-refractivity contribution in [3.05, 3.63) is 90.5 Å². The van der Waals surface area contributed by atoms with E-state index in [1.54, 1.807) is 37.4 Å². The normalized spacial score (nSPS) is 10.5. The minimum absolute atomic E-state index is 0.360. The van der Waals surface area contributed by atoms with Crippen molar-refractivity contribution in [1.82, 2.24) is 4.98 Å². The third kappa shape index (κ3) is 4.70. The van der Waals surface area contributed by atoms with Gasteiger partial charge in [-0.15, -0.1) is 0 Å². The number of para-hydroxylation sites is 1. The SMILES string of the molecule is COc1cccc(NC(=O)COC(=O)c2cc(-c3ccccc3)nc3ccccc23)c1. The molecule has 0 aliphatic heterocycles. The van der Waals surface area contributed by atoms with Gasteiger partial charge in [-0.3, -0.25) is 4.79 Å². The second kappa shape index (κ2) is 9.09. The molecule has 154 valence electrons. The van der Waals surface area contributed by atoms with Crippen molar-refractivity contribution < 1.29 is 19.1 Å². The lowest BCUT2D eigenvalue weighted by Crippen LogP contribution is -2.21. The van der Waals surface area contributed by atoms with Gasteiger partial charge in [0, 0.05) is 22.7 Å². The molecule has 0 radical (unpaired) electrons. The molecule has 31 heavy (non-hydrogen) atoms. The molecule has 4 aromatic rings. The molecule has 0 aliphatic carbocycles. The van der Waals surface area contributed by atoms with Crippen LogP contribution in [0.5, 0.6) is 5.75 Å². The van der Waals surface area contributed by atoms with E-state index in [4.69, 9.17) is 9.47 Å². The first-order chi connectivity index (χ1) is 15.1. The minimum Gasteiger partial charge on any atom is -0.497 e. The summed E-state index contributed by atoms with van der Waals surface area (Å²) in [7, 11) is 1.55. The number of benzene rings is 3. The fourth-order valence-corrected chi connectivity index (χ4v) is 3.21. The van der Waals surface area contributed by atoms with Gasteiger partial charge in [-0.05, 0) is 24.3 Å². The van der Waals surface area contributed by atoms with Crippen molar-refractivity contribution in [1.29, 1.82) is 0 Å². The Morgan fingerprint density at radius 2 is 1.68 bits per heavy atom. The van der Waals surface area contributed by atoms with Crippen LogP contribution in [-0.4, -0.2) is 30.6 Å². The zero-order chi connectivity index (χ0) is 21.6. The van der Waals surface area contributed by atoms with E-state index in [0.29, 0.717) is 33.6 Å². The Bertz CT molecular complexity index is 1240. The predicted molar refractivity (Wildman–Crippen MR) is 119 cm³/mol. The third-order valence-electron chi connectivity index (χ3n) is 4.69. The summed E-state index contributed by atoms with van der Waals surface area (Å²) in [5.74, 6) is -0.411. The van der Waals surface area contributed by atoms with E-state index in [2.05, 4.69) is 10.3 Å². The summed E-state index contributed by atoms with van der Waals surface area (Å²) in [5.41, 5.74) is 3.14. The van der Waals surface area contributed by atoms with Gasteiger partial charge in [-0.2, -0.15) is 0 Å². The predicted octanol–water partition coefficient (Wildman–Crippen LogP) is 4.71. The highest BCUT2D eigenvalue weighted by molar-refractivity contribution is 6.05. The Balaban J connectivity index is 1.53. The van der Waals surface area contributed by atoms with Gasteiger partial charge in [-0.1, -0.05) is 54.6 Å². The highest BCUT2D eigenvalue weighted by Crippen LogP contribution is 2.25. The first kappa shape index (κ1) is 20.1. The van der Waals surface area contributed by atoms with Gasteiger partial charge in [0.1, 0.15) is 5.75 Å². The van der Waals surface area contributed by atoms with E-state index in [-0.39, 0.29) is 0 Å². The molecule has 6 heteroatoms. The topological polar surface area (TPSA) is 77.5 Å². The number of pyridine rings is 1. The average molecular weight is 412 g/mol. The van der Waals surface area contributed by atoms with Crippen LogP contribution in [0, 0.1) is 0 Å². The second-order valence-electron chi connectivity index (χ2n) is 6.79. The molecule has 0 fully saturated rings. The van der Waals surface area contributed by atoms with Crippen LogP contribution in [-0.2, 0) is 9.53 Å². The van der Waals surface area contributed by atoms with Crippen LogP contribution >= 0.6 is 0 Å². The molecule has 0 saturated carbocycles. The zero-order valence-electron chi connectivity index (χ0n) is 16.9. The van der Waals surface area contributed by atoms with Crippen LogP contribution in [0.1, 0.15) is 10.4 Å². The number of esters is 1. The Labute approximate surface area is 179 Å². The molecule has 0 spiro atoms. The van der Waals surface area contributed by atoms with Crippen LogP contribution in [0.15, 0.2) is 84.9 Å². The number of ether oxygens (including phenoxy) is 2. The summed E-state index contributed by atoms with van der Waals surface area (Å²) in [4.78, 5) is 29.8. The van der Waals surface area contributed by atoms with Crippen molar-refractivity contribution in [2.24, 2.45) is 0 Å². The van der Waals surface area contributed by atoms with E-state index in [9.17, 15) is 9.59 Å². The van der Waals surface area contributed by atoms with Gasteiger partial charge in [-0.25, -0.2) is 9.78 Å². The molecule has 3 aromatic carbocycles. The van der Waals surface area contributed by atoms with Gasteiger partial charge < -0.3 is 14.8 Å². The highest BCUT2D eigenvalue weighted by Gasteiger charge is 2.16. The Morgan fingerprint density at radius 3 is 2.48 bits per heavy atom. The van der Waals surface area contributed by atoms with Crippen LogP contribution in [0.4, 0.5) is 5.69 Å². The van der Waals surface area contributed by atoms with Crippen molar-refractivity contribution in [2.45, 2.75) is 0 Å². The summed E-state index contributed by atoms with van der Waals surface area (Å²) in [6.45, 7) is -0.409. The molecule has 1 aromatic heterocycles. The molecule has 0 aliphatic rings. The monoisotopic (exact) mass is 412 g/mol. The molecule has 1 amide bonds. The maximum absolute atomic E-state index is 12.8. The molecule has 1 heterocycles. The van der Waals surface area contributed by atoms with E-state index in [1.165, 1.54) is 0 Å². The van der Waals surface area contributed by atoms with Gasteiger partial charge in [0.15, 0.2) is 6.61 Å². The number of aromatic nitrogens is 1. The summed E-state index contributed by atoms with van der Waals surface area (Å²) in [6.07, 6.45) is 0. The van der Waals surface area contributed by atoms with Crippen molar-refractivity contribution in [3.8, 4) is 17.0 Å². The number of hydrogen-bond acceptors (Lipinski definition) is 5. The number of methoxy groups -OCH3 is 1. The highest BCUT2D eigenvalue weighted by atomic mass is 16.5. The van der Waals surface area contributed by atoms with E-state index >= 15 is 0 Å². The van der Waals surface area contributed by atoms with Crippen LogP contribution < -0.4 is 10.1 Å². The lowest BCUT2D eigenvalue weighted by atomic mass is 10.0. The number of amides is 1. The molecule has 1 N–H and O–H groups in total. The van der Waals surface area contributed by atoms with E-state index < -0.39 is 18.5 Å². The Kier molecular flexibility index (Phi) is 5.89. The number of hydrogen-bond donors (Lipinski definition) is 1. The number of fused-ring (bicyclic) bond motifs is 1. The zero-order valence-corrected chi connectivity index (χ0v) is 16.9. The van der Waals surface area contributed by atoms with Crippen LogP contribution in [0.2, 0.25) is 0 Å². The van der Waals surface area contributed by atoms with Crippen molar-refractivity contribution >= 4 is 28.5 Å². The fourth-order valence-electron chi connectivity index (χ4n) is 3.21. The second-order valence-corrected chi connectivity index (χ2v) is 6.79. The maximum Gasteiger partial charge on any atom is 0.339 e. The average Bonchev–Trinajstić information content (AvgIpc) is 2.82. The standard InChI is InChI=1S/C25H20N2O4/c1-30-19-11-7-10-18(14-19)26-24(28)16-31-25(29)21-15-23(17-8-3-2-4-9-17)27-22-13-6-5-12-20(21)22/h2-15H,16H2,1H3,(H,26,28). The number of nitrogens with zero attached hydrogens (tertiary/aromatic N) is 1. The molecule has 0 unspecified atom stereocenters. The quantitative estimate of drug-likeness (QED) is 0.464. The van der Waals surface area contributed by atoms with Gasteiger partial charge >= 0.3 is 5.97 Å². The fraction of sp³-hybridized carbons (Fsp3) is 0.0800. The van der Waals surface area contributed by atoms with Crippen LogP contribution in [0.3, 0.4) is 0 Å². The largest absolute Gasteiger partial charge is 0.497 e. The number of nitrogens with one attached hydrogen (secondary N) is 1. The van der Waals surface area contributed by atoms with Gasteiger partial charge in [0.25, 0.3) is 5.91 Å². The Morgan fingerprint density at radius 1 is 0.903 bits per heavy atom. The van der Waals surface area contributed by atoms with E-state index in [0.717, 1.165) is 5.56 Å². The first-order valence-electron chi connectivity index (χ1n) is 9.70. The molecular formula is C25H20N2O4. The molecule has 0 atom stereocenters. The summed E-state index contributed by atoms with van der Waals surface area (Å²) in [5, 5.41) is 3.36. The molecule has 4 rings (SSSR count). The minimum atomic E-state index is -0.587. The summed E-state index contributed by atoms with van der Waals surface area (Å²) < 4.78 is 10.4. The number of rotatable bonds is 6. The maximum atomic E-state index is 12.8. The van der Waals surface area contributed by atoms with Gasteiger partial charge in [0.2, 0.25) is 0 Å².